The van der Waals surface area contributed by atoms with Crippen molar-refractivity contribution in [1.29, 1.82) is 0 Å². The summed E-state index contributed by atoms with van der Waals surface area (Å²) in [5, 5.41) is 16.0. The molecule has 172 valence electrons. The molecule has 0 saturated heterocycles. The molecule has 0 aliphatic carbocycles. The van der Waals surface area contributed by atoms with Crippen LogP contribution in [0.1, 0.15) is 35.7 Å². The van der Waals surface area contributed by atoms with Gasteiger partial charge in [-0.3, -0.25) is 19.7 Å². The first-order chi connectivity index (χ1) is 15.8. The van der Waals surface area contributed by atoms with Gasteiger partial charge in [0.25, 0.3) is 5.69 Å². The fourth-order valence-electron chi connectivity index (χ4n) is 3.03. The van der Waals surface area contributed by atoms with Gasteiger partial charge in [0.15, 0.2) is 22.4 Å². The van der Waals surface area contributed by atoms with Gasteiger partial charge in [0.05, 0.1) is 24.3 Å². The molecule has 0 aliphatic rings. The molecule has 10 heteroatoms. The summed E-state index contributed by atoms with van der Waals surface area (Å²) in [5.41, 5.74) is 2.30. The molecule has 3 rings (SSSR count). The monoisotopic (exact) mass is 469 g/mol. The minimum Gasteiger partial charge on any atom is -0.493 e. The number of nitrogens with one attached hydrogen (secondary N) is 1. The zero-order valence-corrected chi connectivity index (χ0v) is 19.2. The predicted octanol–water partition coefficient (Wildman–Crippen LogP) is 5.04. The average Bonchev–Trinajstić information content (AvgIpc) is 3.25. The van der Waals surface area contributed by atoms with E-state index in [0.29, 0.717) is 52.0 Å². The van der Waals surface area contributed by atoms with Crippen LogP contribution >= 0.6 is 11.3 Å². The Morgan fingerprint density at radius 1 is 1.18 bits per heavy atom. The Balaban J connectivity index is 1.51. The van der Waals surface area contributed by atoms with Crippen molar-refractivity contribution in [3.05, 3.63) is 63.0 Å². The first-order valence-electron chi connectivity index (χ1n) is 10.1. The van der Waals surface area contributed by atoms with Crippen LogP contribution in [0.25, 0.3) is 11.3 Å². The van der Waals surface area contributed by atoms with Gasteiger partial charge in [0, 0.05) is 34.6 Å². The van der Waals surface area contributed by atoms with Gasteiger partial charge in [-0.05, 0) is 38.5 Å². The fraction of sp³-hybridized carbons (Fsp3) is 0.261. The molecule has 33 heavy (non-hydrogen) atoms. The van der Waals surface area contributed by atoms with Crippen LogP contribution in [0.4, 0.5) is 10.8 Å². The number of Topliss-reactive ketones (excluding diaryl/α,β-unsaturated/α-hetero) is 1. The molecule has 2 aromatic carbocycles. The molecular weight excluding hydrogens is 446 g/mol. The summed E-state index contributed by atoms with van der Waals surface area (Å²) < 4.78 is 10.9. The molecule has 0 spiro atoms. The first-order valence-corrected chi connectivity index (χ1v) is 11.0. The van der Waals surface area contributed by atoms with Gasteiger partial charge in [0.2, 0.25) is 5.91 Å². The van der Waals surface area contributed by atoms with Crippen molar-refractivity contribution in [2.45, 2.75) is 26.7 Å². The maximum atomic E-state index is 12.2. The highest BCUT2D eigenvalue weighted by atomic mass is 32.1. The van der Waals surface area contributed by atoms with E-state index in [0.717, 1.165) is 0 Å². The third-order valence-corrected chi connectivity index (χ3v) is 5.59. The summed E-state index contributed by atoms with van der Waals surface area (Å²) in [6.45, 7) is 3.44. The number of hydrogen-bond acceptors (Lipinski definition) is 8. The topological polar surface area (TPSA) is 121 Å². The number of carbonyl (C=O) groups excluding carboxylic acids is 2. The summed E-state index contributed by atoms with van der Waals surface area (Å²) >= 11 is 1.25. The number of ketones is 1. The van der Waals surface area contributed by atoms with E-state index >= 15 is 0 Å². The number of methoxy groups -OCH3 is 1. The van der Waals surface area contributed by atoms with E-state index in [9.17, 15) is 19.7 Å². The van der Waals surface area contributed by atoms with Gasteiger partial charge in [-0.1, -0.05) is 12.1 Å². The minimum atomic E-state index is -0.427. The summed E-state index contributed by atoms with van der Waals surface area (Å²) in [6, 6.07) is 9.86. The molecule has 3 aromatic rings. The molecule has 0 bridgehead atoms. The summed E-state index contributed by atoms with van der Waals surface area (Å²) in [5.74, 6) is 0.675. The summed E-state index contributed by atoms with van der Waals surface area (Å²) in [4.78, 5) is 38.8. The highest BCUT2D eigenvalue weighted by molar-refractivity contribution is 7.14. The average molecular weight is 470 g/mol. The van der Waals surface area contributed by atoms with Crippen LogP contribution < -0.4 is 14.8 Å². The van der Waals surface area contributed by atoms with Crippen LogP contribution in [0.5, 0.6) is 11.5 Å². The number of benzene rings is 2. The van der Waals surface area contributed by atoms with Crippen LogP contribution in [0.2, 0.25) is 0 Å². The van der Waals surface area contributed by atoms with Crippen molar-refractivity contribution < 1.29 is 24.0 Å². The Labute approximate surface area is 194 Å². The quantitative estimate of drug-likeness (QED) is 0.191. The molecule has 1 N–H and O–H groups in total. The van der Waals surface area contributed by atoms with Crippen molar-refractivity contribution in [3.8, 4) is 22.8 Å². The molecular formula is C23H23N3O6S. The molecule has 0 fully saturated rings. The summed E-state index contributed by atoms with van der Waals surface area (Å²) in [7, 11) is 1.50. The molecule has 9 nitrogen and oxygen atoms in total. The molecule has 1 aromatic heterocycles. The fourth-order valence-corrected chi connectivity index (χ4v) is 3.77. The second-order valence-electron chi connectivity index (χ2n) is 7.22. The van der Waals surface area contributed by atoms with Crippen molar-refractivity contribution in [1.82, 2.24) is 4.98 Å². The smallest absolute Gasteiger partial charge is 0.272 e. The maximum Gasteiger partial charge on any atom is 0.272 e. The number of hydrogen-bond donors (Lipinski definition) is 1. The van der Waals surface area contributed by atoms with E-state index in [1.54, 1.807) is 42.6 Å². The highest BCUT2D eigenvalue weighted by Gasteiger charge is 2.14. The number of aromatic nitrogens is 1. The molecule has 1 amide bonds. The van der Waals surface area contributed by atoms with Crippen LogP contribution in [0, 0.1) is 17.0 Å². The van der Waals surface area contributed by atoms with Gasteiger partial charge in [-0.15, -0.1) is 11.3 Å². The third-order valence-electron chi connectivity index (χ3n) is 4.83. The number of rotatable bonds is 10. The van der Waals surface area contributed by atoms with Gasteiger partial charge in [-0.2, -0.15) is 0 Å². The SMILES string of the molecule is COc1cc(C(C)=O)ccc1OCCCC(=O)Nc1nc(-c2ccc(C)c([N+](=O)[O-])c2)cs1. The van der Waals surface area contributed by atoms with Crippen molar-refractivity contribution in [3.63, 3.8) is 0 Å². The van der Waals surface area contributed by atoms with E-state index in [-0.39, 0.29) is 23.8 Å². The van der Waals surface area contributed by atoms with Crippen LogP contribution in [0.3, 0.4) is 0 Å². The standard InChI is InChI=1S/C23H23N3O6S/c1-14-6-7-17(11-19(14)26(29)30)18-13-33-23(24-18)25-22(28)5-4-10-32-20-9-8-16(15(2)27)12-21(20)31-3/h6-9,11-13H,4-5,10H2,1-3H3,(H,24,25,28). The van der Waals surface area contributed by atoms with Crippen LogP contribution in [-0.4, -0.2) is 35.3 Å². The van der Waals surface area contributed by atoms with E-state index in [4.69, 9.17) is 9.47 Å². The van der Waals surface area contributed by atoms with Crippen LogP contribution in [0.15, 0.2) is 41.8 Å². The molecule has 0 saturated carbocycles. The van der Waals surface area contributed by atoms with E-state index in [1.165, 1.54) is 31.4 Å². The minimum absolute atomic E-state index is 0.0265. The second kappa shape index (κ2) is 10.7. The van der Waals surface area contributed by atoms with Gasteiger partial charge in [0.1, 0.15) is 0 Å². The van der Waals surface area contributed by atoms with E-state index < -0.39 is 4.92 Å². The zero-order chi connectivity index (χ0) is 24.0. The van der Waals surface area contributed by atoms with Crippen LogP contribution in [-0.2, 0) is 4.79 Å². The van der Waals surface area contributed by atoms with E-state index in [2.05, 4.69) is 10.3 Å². The molecule has 0 aliphatic heterocycles. The van der Waals surface area contributed by atoms with Crippen molar-refractivity contribution in [2.75, 3.05) is 19.0 Å². The van der Waals surface area contributed by atoms with Crippen molar-refractivity contribution >= 4 is 33.8 Å². The summed E-state index contributed by atoms with van der Waals surface area (Å²) in [6.07, 6.45) is 0.685. The lowest BCUT2D eigenvalue weighted by Crippen LogP contribution is -2.12. The van der Waals surface area contributed by atoms with Gasteiger partial charge >= 0.3 is 0 Å². The number of anilines is 1. The van der Waals surface area contributed by atoms with E-state index in [1.807, 2.05) is 0 Å². The second-order valence-corrected chi connectivity index (χ2v) is 8.08. The Bertz CT molecular complexity index is 1190. The maximum absolute atomic E-state index is 12.2. The largest absolute Gasteiger partial charge is 0.493 e. The number of carbonyl (C=O) groups is 2. The Hall–Kier alpha value is -3.79. The van der Waals surface area contributed by atoms with Gasteiger partial charge < -0.3 is 14.8 Å². The highest BCUT2D eigenvalue weighted by Crippen LogP contribution is 2.30. The number of thiazole rings is 1. The third kappa shape index (κ3) is 6.13. The Kier molecular flexibility index (Phi) is 7.73. The number of nitro groups is 1. The lowest BCUT2D eigenvalue weighted by molar-refractivity contribution is -0.385. The Morgan fingerprint density at radius 3 is 2.67 bits per heavy atom. The normalized spacial score (nSPS) is 10.5. The lowest BCUT2D eigenvalue weighted by Gasteiger charge is -2.11. The number of nitrogens with zero attached hydrogens (tertiary/aromatic N) is 2. The molecule has 0 atom stereocenters. The number of amides is 1. The van der Waals surface area contributed by atoms with Gasteiger partial charge in [-0.25, -0.2) is 4.98 Å². The van der Waals surface area contributed by atoms with Crippen molar-refractivity contribution in [2.24, 2.45) is 0 Å². The number of ether oxygens (including phenoxy) is 2. The molecule has 0 unspecified atom stereocenters. The zero-order valence-electron chi connectivity index (χ0n) is 18.4. The first kappa shape index (κ1) is 23.9. The lowest BCUT2D eigenvalue weighted by atomic mass is 10.1. The number of nitro benzene ring substituents is 1. The predicted molar refractivity (Wildman–Crippen MR) is 125 cm³/mol. The molecule has 0 radical (unpaired) electrons. The number of aryl methyl sites for hydroxylation is 1. The Morgan fingerprint density at radius 2 is 1.97 bits per heavy atom. The molecule has 1 heterocycles.